The minimum atomic E-state index is 0.967. The van der Waals surface area contributed by atoms with Gasteiger partial charge in [0.2, 0.25) is 0 Å². The number of nitrogens with zero attached hydrogens (tertiary/aromatic N) is 2. The predicted octanol–water partition coefficient (Wildman–Crippen LogP) is 6.05. The van der Waals surface area contributed by atoms with Gasteiger partial charge in [-0.1, -0.05) is 18.2 Å². The molecule has 2 aromatic rings. The number of aromatic nitrogens is 2. The van der Waals surface area contributed by atoms with Gasteiger partial charge in [0.1, 0.15) is 0 Å². The maximum atomic E-state index is 4.55. The SMILES string of the molecule is C=C(C)N(C)/C=C(\C)c1cc(/C(C=C(C)C)=C/c2cc[nH]c2C)ccn1. The molecule has 0 aromatic carbocycles. The van der Waals surface area contributed by atoms with Crippen molar-refractivity contribution in [3.63, 3.8) is 0 Å². The van der Waals surface area contributed by atoms with Gasteiger partial charge in [-0.3, -0.25) is 4.98 Å². The highest BCUT2D eigenvalue weighted by atomic mass is 15.1. The van der Waals surface area contributed by atoms with Gasteiger partial charge in [-0.25, -0.2) is 0 Å². The molecule has 0 atom stereocenters. The molecule has 0 saturated carbocycles. The summed E-state index contributed by atoms with van der Waals surface area (Å²) in [6.07, 6.45) is 10.3. The monoisotopic (exact) mass is 347 g/mol. The second kappa shape index (κ2) is 8.52. The lowest BCUT2D eigenvalue weighted by atomic mass is 10.00. The van der Waals surface area contributed by atoms with Gasteiger partial charge in [0.25, 0.3) is 0 Å². The Labute approximate surface area is 157 Å². The lowest BCUT2D eigenvalue weighted by Crippen LogP contribution is -2.07. The minimum absolute atomic E-state index is 0.967. The highest BCUT2D eigenvalue weighted by Gasteiger charge is 2.06. The molecule has 2 heterocycles. The summed E-state index contributed by atoms with van der Waals surface area (Å²) < 4.78 is 0. The molecule has 0 aliphatic carbocycles. The van der Waals surface area contributed by atoms with E-state index in [1.54, 1.807) is 0 Å². The fourth-order valence-electron chi connectivity index (χ4n) is 2.60. The van der Waals surface area contributed by atoms with Crippen LogP contribution >= 0.6 is 0 Å². The lowest BCUT2D eigenvalue weighted by Gasteiger charge is -2.15. The molecule has 2 rings (SSSR count). The van der Waals surface area contributed by atoms with Crippen molar-refractivity contribution in [2.45, 2.75) is 34.6 Å². The summed E-state index contributed by atoms with van der Waals surface area (Å²) in [5.74, 6) is 0. The van der Waals surface area contributed by atoms with E-state index >= 15 is 0 Å². The van der Waals surface area contributed by atoms with Crippen molar-refractivity contribution in [3.8, 4) is 0 Å². The summed E-state index contributed by atoms with van der Waals surface area (Å²) in [6.45, 7) is 14.4. The molecule has 0 aliphatic heterocycles. The molecule has 136 valence electrons. The summed E-state index contributed by atoms with van der Waals surface area (Å²) >= 11 is 0. The lowest BCUT2D eigenvalue weighted by molar-refractivity contribution is 0.574. The van der Waals surface area contributed by atoms with Gasteiger partial charge in [0.05, 0.1) is 5.69 Å². The largest absolute Gasteiger partial charge is 0.365 e. The van der Waals surface area contributed by atoms with Gasteiger partial charge in [0, 0.05) is 37.0 Å². The van der Waals surface area contributed by atoms with Gasteiger partial charge in [-0.15, -0.1) is 0 Å². The van der Waals surface area contributed by atoms with Crippen molar-refractivity contribution in [1.29, 1.82) is 0 Å². The van der Waals surface area contributed by atoms with Crippen LogP contribution in [0.3, 0.4) is 0 Å². The zero-order valence-corrected chi connectivity index (χ0v) is 16.7. The topological polar surface area (TPSA) is 31.9 Å². The Bertz CT molecular complexity index is 874. The van der Waals surface area contributed by atoms with Gasteiger partial charge in [0.15, 0.2) is 0 Å². The first kappa shape index (κ1) is 19.5. The zero-order chi connectivity index (χ0) is 19.3. The fourth-order valence-corrected chi connectivity index (χ4v) is 2.60. The molecule has 0 saturated heterocycles. The summed E-state index contributed by atoms with van der Waals surface area (Å²) in [5, 5.41) is 0. The molecule has 3 heteroatoms. The second-order valence-electron chi connectivity index (χ2n) is 6.97. The minimum Gasteiger partial charge on any atom is -0.365 e. The molecule has 0 radical (unpaired) electrons. The first-order valence-electron chi connectivity index (χ1n) is 8.82. The first-order chi connectivity index (χ1) is 12.3. The molecule has 1 N–H and O–H groups in total. The maximum Gasteiger partial charge on any atom is 0.0679 e. The number of nitrogens with one attached hydrogen (secondary N) is 1. The highest BCUT2D eigenvalue weighted by Crippen LogP contribution is 2.24. The van der Waals surface area contributed by atoms with Crippen LogP contribution in [-0.4, -0.2) is 21.9 Å². The Morgan fingerprint density at radius 1 is 1.19 bits per heavy atom. The number of rotatable bonds is 6. The molecule has 0 unspecified atom stereocenters. The van der Waals surface area contributed by atoms with E-state index in [4.69, 9.17) is 0 Å². The number of hydrogen-bond acceptors (Lipinski definition) is 2. The van der Waals surface area contributed by atoms with Gasteiger partial charge < -0.3 is 9.88 Å². The Hall–Kier alpha value is -2.81. The molecular weight excluding hydrogens is 318 g/mol. The van der Waals surface area contributed by atoms with Crippen LogP contribution < -0.4 is 0 Å². The summed E-state index contributed by atoms with van der Waals surface area (Å²) in [4.78, 5) is 9.80. The van der Waals surface area contributed by atoms with E-state index in [1.807, 2.05) is 31.3 Å². The van der Waals surface area contributed by atoms with Gasteiger partial charge >= 0.3 is 0 Å². The van der Waals surface area contributed by atoms with Crippen molar-refractivity contribution >= 4 is 17.2 Å². The van der Waals surface area contributed by atoms with Crippen molar-refractivity contribution in [3.05, 3.63) is 83.2 Å². The third-order valence-corrected chi connectivity index (χ3v) is 4.24. The number of H-pyrrole nitrogens is 1. The molecule has 0 spiro atoms. The van der Waals surface area contributed by atoms with E-state index in [9.17, 15) is 0 Å². The average molecular weight is 348 g/mol. The van der Waals surface area contributed by atoms with Crippen LogP contribution in [-0.2, 0) is 0 Å². The van der Waals surface area contributed by atoms with Crippen LogP contribution in [0, 0.1) is 6.92 Å². The second-order valence-corrected chi connectivity index (χ2v) is 6.97. The quantitative estimate of drug-likeness (QED) is 0.645. The Kier molecular flexibility index (Phi) is 6.40. The van der Waals surface area contributed by atoms with E-state index in [2.05, 4.69) is 80.8 Å². The van der Waals surface area contributed by atoms with Crippen LogP contribution in [0.25, 0.3) is 17.2 Å². The van der Waals surface area contributed by atoms with E-state index in [0.29, 0.717) is 0 Å². The normalized spacial score (nSPS) is 12.1. The number of aryl methyl sites for hydroxylation is 1. The molecule has 2 aromatic heterocycles. The van der Waals surface area contributed by atoms with E-state index in [-0.39, 0.29) is 0 Å². The summed E-state index contributed by atoms with van der Waals surface area (Å²) in [5.41, 5.74) is 9.02. The van der Waals surface area contributed by atoms with Gasteiger partial charge in [-0.2, -0.15) is 0 Å². The highest BCUT2D eigenvalue weighted by molar-refractivity contribution is 5.88. The van der Waals surface area contributed by atoms with Crippen molar-refractivity contribution in [2.75, 3.05) is 7.05 Å². The predicted molar refractivity (Wildman–Crippen MR) is 113 cm³/mol. The third-order valence-electron chi connectivity index (χ3n) is 4.24. The Morgan fingerprint density at radius 3 is 2.50 bits per heavy atom. The summed E-state index contributed by atoms with van der Waals surface area (Å²) in [7, 11) is 2.00. The Morgan fingerprint density at radius 2 is 1.92 bits per heavy atom. The molecule has 0 amide bonds. The van der Waals surface area contributed by atoms with Crippen molar-refractivity contribution < 1.29 is 0 Å². The van der Waals surface area contributed by atoms with Crippen LogP contribution in [0.15, 0.2) is 60.7 Å². The van der Waals surface area contributed by atoms with Crippen molar-refractivity contribution in [2.24, 2.45) is 0 Å². The number of allylic oxidation sites excluding steroid dienone is 5. The average Bonchev–Trinajstić information content (AvgIpc) is 2.98. The number of hydrogen-bond donors (Lipinski definition) is 1. The molecule has 0 fully saturated rings. The summed E-state index contributed by atoms with van der Waals surface area (Å²) in [6, 6.07) is 6.31. The molecule has 26 heavy (non-hydrogen) atoms. The van der Waals surface area contributed by atoms with E-state index in [0.717, 1.165) is 28.2 Å². The van der Waals surface area contributed by atoms with Crippen LogP contribution in [0.4, 0.5) is 0 Å². The van der Waals surface area contributed by atoms with Crippen LogP contribution in [0.1, 0.15) is 50.2 Å². The molecule has 0 aliphatic rings. The van der Waals surface area contributed by atoms with E-state index in [1.165, 1.54) is 16.7 Å². The molecular formula is C23H29N3. The third kappa shape index (κ3) is 5.09. The first-order valence-corrected chi connectivity index (χ1v) is 8.82. The van der Waals surface area contributed by atoms with Crippen LogP contribution in [0.2, 0.25) is 0 Å². The van der Waals surface area contributed by atoms with Gasteiger partial charge in [-0.05, 0) is 81.2 Å². The smallest absolute Gasteiger partial charge is 0.0679 e. The standard InChI is InChI=1S/C23H29N3/c1-16(2)12-22(13-20-8-10-24-19(20)6)21-9-11-25-23(14-21)18(5)15-26(7)17(3)4/h8-15,24H,3H2,1-2,4-7H3/b18-15+,22-13+. The maximum absolute atomic E-state index is 4.55. The molecule has 3 nitrogen and oxygen atoms in total. The van der Waals surface area contributed by atoms with Crippen molar-refractivity contribution in [1.82, 2.24) is 14.9 Å². The fraction of sp³-hybridized carbons (Fsp3) is 0.261. The Balaban J connectivity index is 2.48. The number of pyridine rings is 1. The van der Waals surface area contributed by atoms with Crippen LogP contribution in [0.5, 0.6) is 0 Å². The molecule has 0 bridgehead atoms. The zero-order valence-electron chi connectivity index (χ0n) is 16.7. The van der Waals surface area contributed by atoms with E-state index < -0.39 is 0 Å². The number of aromatic amines is 1.